The maximum Gasteiger partial charge on any atom is 0.0724 e. The minimum absolute atomic E-state index is 0.449. The van der Waals surface area contributed by atoms with Crippen molar-refractivity contribution in [3.05, 3.63) is 0 Å². The van der Waals surface area contributed by atoms with Gasteiger partial charge < -0.3 is 10.1 Å². The molecule has 96 valence electrons. The van der Waals surface area contributed by atoms with E-state index in [9.17, 15) is 0 Å². The van der Waals surface area contributed by atoms with Crippen LogP contribution in [0.15, 0.2) is 0 Å². The quantitative estimate of drug-likeness (QED) is 0.718. The van der Waals surface area contributed by atoms with Crippen molar-refractivity contribution in [3.63, 3.8) is 0 Å². The molecule has 16 heavy (non-hydrogen) atoms. The maximum atomic E-state index is 5.59. The average Bonchev–Trinajstić information content (AvgIpc) is 2.34. The van der Waals surface area contributed by atoms with E-state index < -0.39 is 0 Å². The second kappa shape index (κ2) is 8.08. The maximum absolute atomic E-state index is 5.59. The zero-order valence-electron chi connectivity index (χ0n) is 11.3. The smallest absolute Gasteiger partial charge is 0.0724 e. The lowest BCUT2D eigenvalue weighted by molar-refractivity contribution is 0.0370. The highest BCUT2D eigenvalue weighted by Gasteiger charge is 2.26. The van der Waals surface area contributed by atoms with Crippen molar-refractivity contribution in [1.82, 2.24) is 5.32 Å². The van der Waals surface area contributed by atoms with E-state index in [1.165, 1.54) is 51.4 Å². The third-order valence-electron chi connectivity index (χ3n) is 3.85. The Bertz CT molecular complexity index is 172. The van der Waals surface area contributed by atoms with Crippen LogP contribution in [0.4, 0.5) is 0 Å². The summed E-state index contributed by atoms with van der Waals surface area (Å²) in [5.41, 5.74) is 0. The van der Waals surface area contributed by atoms with Gasteiger partial charge in [-0.25, -0.2) is 0 Å². The summed E-state index contributed by atoms with van der Waals surface area (Å²) in [7, 11) is 1.86. The summed E-state index contributed by atoms with van der Waals surface area (Å²) < 4.78 is 5.59. The highest BCUT2D eigenvalue weighted by Crippen LogP contribution is 2.22. The summed E-state index contributed by atoms with van der Waals surface area (Å²) in [6.07, 6.45) is 10.9. The molecule has 1 saturated carbocycles. The zero-order valence-corrected chi connectivity index (χ0v) is 11.3. The summed E-state index contributed by atoms with van der Waals surface area (Å²) in [6.45, 7) is 4.56. The normalized spacial score (nSPS) is 27.9. The van der Waals surface area contributed by atoms with E-state index in [1.807, 2.05) is 7.11 Å². The molecule has 2 nitrogen and oxygen atoms in total. The summed E-state index contributed by atoms with van der Waals surface area (Å²) in [5.74, 6) is 0. The molecule has 0 aromatic heterocycles. The van der Waals surface area contributed by atoms with Crippen LogP contribution in [0.2, 0.25) is 0 Å². The van der Waals surface area contributed by atoms with Crippen molar-refractivity contribution >= 4 is 0 Å². The molecule has 0 aliphatic heterocycles. The SMILES string of the molecule is CCCCC(CC)NC1CCCCC1OC. The van der Waals surface area contributed by atoms with E-state index in [0.717, 1.165) is 0 Å². The van der Waals surface area contributed by atoms with Crippen LogP contribution in [0.25, 0.3) is 0 Å². The fourth-order valence-electron chi connectivity index (χ4n) is 2.73. The predicted molar refractivity (Wildman–Crippen MR) is 69.8 cm³/mol. The van der Waals surface area contributed by atoms with Gasteiger partial charge in [-0.15, -0.1) is 0 Å². The van der Waals surface area contributed by atoms with Gasteiger partial charge >= 0.3 is 0 Å². The monoisotopic (exact) mass is 227 g/mol. The molecule has 1 rings (SSSR count). The number of nitrogens with one attached hydrogen (secondary N) is 1. The molecule has 0 heterocycles. The predicted octanol–water partition coefficient (Wildman–Crippen LogP) is 3.50. The number of unbranched alkanes of at least 4 members (excludes halogenated alkanes) is 1. The molecule has 2 heteroatoms. The van der Waals surface area contributed by atoms with Gasteiger partial charge in [-0.3, -0.25) is 0 Å². The fraction of sp³-hybridized carbons (Fsp3) is 1.00. The number of methoxy groups -OCH3 is 1. The molecule has 1 fully saturated rings. The van der Waals surface area contributed by atoms with Crippen molar-refractivity contribution in [2.75, 3.05) is 7.11 Å². The lowest BCUT2D eigenvalue weighted by atomic mass is 9.91. The van der Waals surface area contributed by atoms with Gasteiger partial charge in [0, 0.05) is 19.2 Å². The molecule has 0 saturated heterocycles. The molecule has 0 spiro atoms. The topological polar surface area (TPSA) is 21.3 Å². The summed E-state index contributed by atoms with van der Waals surface area (Å²) >= 11 is 0. The van der Waals surface area contributed by atoms with Gasteiger partial charge in [0.15, 0.2) is 0 Å². The van der Waals surface area contributed by atoms with Gasteiger partial charge in [0.25, 0.3) is 0 Å². The van der Waals surface area contributed by atoms with E-state index in [0.29, 0.717) is 18.2 Å². The fourth-order valence-corrected chi connectivity index (χ4v) is 2.73. The summed E-state index contributed by atoms with van der Waals surface area (Å²) in [4.78, 5) is 0. The first kappa shape index (κ1) is 14.0. The van der Waals surface area contributed by atoms with E-state index in [2.05, 4.69) is 19.2 Å². The summed E-state index contributed by atoms with van der Waals surface area (Å²) in [5, 5.41) is 3.82. The number of ether oxygens (including phenoxy) is 1. The zero-order chi connectivity index (χ0) is 11.8. The van der Waals surface area contributed by atoms with Crippen LogP contribution in [0.5, 0.6) is 0 Å². The first-order chi connectivity index (χ1) is 7.81. The number of hydrogen-bond acceptors (Lipinski definition) is 2. The molecular formula is C14H29NO. The van der Waals surface area contributed by atoms with Crippen LogP contribution in [0.3, 0.4) is 0 Å². The molecule has 1 aliphatic rings. The van der Waals surface area contributed by atoms with Crippen LogP contribution < -0.4 is 5.32 Å². The Hall–Kier alpha value is -0.0800. The van der Waals surface area contributed by atoms with Crippen molar-refractivity contribution in [1.29, 1.82) is 0 Å². The second-order valence-corrected chi connectivity index (χ2v) is 5.08. The Morgan fingerprint density at radius 3 is 2.62 bits per heavy atom. The third-order valence-corrected chi connectivity index (χ3v) is 3.85. The lowest BCUT2D eigenvalue weighted by Gasteiger charge is -2.34. The largest absolute Gasteiger partial charge is 0.380 e. The van der Waals surface area contributed by atoms with Crippen LogP contribution in [0.1, 0.15) is 65.2 Å². The first-order valence-electron chi connectivity index (χ1n) is 7.10. The molecule has 0 aromatic carbocycles. The van der Waals surface area contributed by atoms with Gasteiger partial charge in [-0.1, -0.05) is 39.5 Å². The summed E-state index contributed by atoms with van der Waals surface area (Å²) in [6, 6.07) is 1.29. The average molecular weight is 227 g/mol. The standard InChI is InChI=1S/C14H29NO/c1-4-6-9-12(5-2)15-13-10-7-8-11-14(13)16-3/h12-15H,4-11H2,1-3H3. The third kappa shape index (κ3) is 4.42. The number of rotatable bonds is 7. The van der Waals surface area contributed by atoms with Crippen molar-refractivity contribution < 1.29 is 4.74 Å². The highest BCUT2D eigenvalue weighted by molar-refractivity contribution is 4.84. The van der Waals surface area contributed by atoms with Gasteiger partial charge in [0.1, 0.15) is 0 Å². The van der Waals surface area contributed by atoms with Gasteiger partial charge in [-0.05, 0) is 25.7 Å². The van der Waals surface area contributed by atoms with E-state index in [-0.39, 0.29) is 0 Å². The Balaban J connectivity index is 2.35. The van der Waals surface area contributed by atoms with Crippen molar-refractivity contribution in [2.45, 2.75) is 83.4 Å². The van der Waals surface area contributed by atoms with Crippen molar-refractivity contribution in [3.8, 4) is 0 Å². The molecule has 1 aliphatic carbocycles. The molecule has 3 atom stereocenters. The first-order valence-corrected chi connectivity index (χ1v) is 7.10. The van der Waals surface area contributed by atoms with Gasteiger partial charge in [-0.2, -0.15) is 0 Å². The molecule has 3 unspecified atom stereocenters. The van der Waals surface area contributed by atoms with E-state index in [1.54, 1.807) is 0 Å². The van der Waals surface area contributed by atoms with Gasteiger partial charge in [0.2, 0.25) is 0 Å². The molecule has 0 radical (unpaired) electrons. The van der Waals surface area contributed by atoms with E-state index >= 15 is 0 Å². The Labute approximate surface area is 101 Å². The molecular weight excluding hydrogens is 198 g/mol. The van der Waals surface area contributed by atoms with E-state index in [4.69, 9.17) is 4.74 Å². The highest BCUT2D eigenvalue weighted by atomic mass is 16.5. The van der Waals surface area contributed by atoms with Crippen LogP contribution in [-0.4, -0.2) is 25.3 Å². The molecule has 0 bridgehead atoms. The molecule has 0 aromatic rings. The number of hydrogen-bond donors (Lipinski definition) is 1. The minimum atomic E-state index is 0.449. The van der Waals surface area contributed by atoms with Crippen LogP contribution in [0, 0.1) is 0 Å². The minimum Gasteiger partial charge on any atom is -0.380 e. The second-order valence-electron chi connectivity index (χ2n) is 5.08. The van der Waals surface area contributed by atoms with Crippen LogP contribution in [-0.2, 0) is 4.74 Å². The molecule has 0 amide bonds. The van der Waals surface area contributed by atoms with Crippen molar-refractivity contribution in [2.24, 2.45) is 0 Å². The van der Waals surface area contributed by atoms with Gasteiger partial charge in [0.05, 0.1) is 6.10 Å². The Morgan fingerprint density at radius 1 is 1.25 bits per heavy atom. The van der Waals surface area contributed by atoms with Crippen LogP contribution >= 0.6 is 0 Å². The Kier molecular flexibility index (Phi) is 7.06. The molecule has 1 N–H and O–H groups in total. The Morgan fingerprint density at radius 2 is 2.00 bits per heavy atom. The lowest BCUT2D eigenvalue weighted by Crippen LogP contribution is -2.47.